The van der Waals surface area contributed by atoms with Crippen LogP contribution >= 0.6 is 15.9 Å². The fraction of sp³-hybridized carbons (Fsp3) is 0.417. The number of halogens is 1. The van der Waals surface area contributed by atoms with Crippen LogP contribution in [0.1, 0.15) is 18.6 Å². The summed E-state index contributed by atoms with van der Waals surface area (Å²) >= 11 is 3.19. The molecule has 6 nitrogen and oxygen atoms in total. The molecule has 0 aliphatic heterocycles. The maximum absolute atomic E-state index is 10.8. The molecule has 0 heterocycles. The number of phenols is 1. The standard InChI is InChI=1S/C12H16BrNO5/c1-6(15)14-5-10(17)12(18)7-3-11(19-2)9(16)4-8(7)13/h3-4,10,12,16-18H,5H2,1-2H3,(H,14,15). The van der Waals surface area contributed by atoms with Gasteiger partial charge in [0.25, 0.3) is 0 Å². The summed E-state index contributed by atoms with van der Waals surface area (Å²) in [5.74, 6) is -0.195. The van der Waals surface area contributed by atoms with E-state index < -0.39 is 12.2 Å². The van der Waals surface area contributed by atoms with Gasteiger partial charge in [0.15, 0.2) is 11.5 Å². The summed E-state index contributed by atoms with van der Waals surface area (Å²) in [6.07, 6.45) is -2.40. The Hall–Kier alpha value is -1.31. The second-order valence-electron chi connectivity index (χ2n) is 3.99. The van der Waals surface area contributed by atoms with Gasteiger partial charge >= 0.3 is 0 Å². The van der Waals surface area contributed by atoms with Crippen LogP contribution in [0.15, 0.2) is 16.6 Å². The van der Waals surface area contributed by atoms with Crippen LogP contribution in [0.2, 0.25) is 0 Å². The molecule has 4 N–H and O–H groups in total. The van der Waals surface area contributed by atoms with Gasteiger partial charge < -0.3 is 25.4 Å². The number of methoxy groups -OCH3 is 1. The predicted molar refractivity (Wildman–Crippen MR) is 72.0 cm³/mol. The monoisotopic (exact) mass is 333 g/mol. The molecule has 0 aliphatic carbocycles. The van der Waals surface area contributed by atoms with Gasteiger partial charge in [0.05, 0.1) is 7.11 Å². The third-order valence-electron chi connectivity index (χ3n) is 2.54. The van der Waals surface area contributed by atoms with Crippen molar-refractivity contribution in [3.8, 4) is 11.5 Å². The number of aliphatic hydroxyl groups excluding tert-OH is 2. The molecule has 1 rings (SSSR count). The van der Waals surface area contributed by atoms with Crippen molar-refractivity contribution in [1.82, 2.24) is 5.32 Å². The minimum absolute atomic E-state index is 0.0773. The maximum atomic E-state index is 10.8. The van der Waals surface area contributed by atoms with E-state index in [1.54, 1.807) is 0 Å². The van der Waals surface area contributed by atoms with Crippen molar-refractivity contribution in [2.24, 2.45) is 0 Å². The van der Waals surface area contributed by atoms with E-state index in [0.717, 1.165) is 0 Å². The number of phenolic OH excluding ortho intramolecular Hbond substituents is 1. The van der Waals surface area contributed by atoms with Gasteiger partial charge in [-0.2, -0.15) is 0 Å². The van der Waals surface area contributed by atoms with E-state index in [-0.39, 0.29) is 24.0 Å². The summed E-state index contributed by atoms with van der Waals surface area (Å²) in [4.78, 5) is 10.8. The average Bonchev–Trinajstić information content (AvgIpc) is 2.35. The van der Waals surface area contributed by atoms with Gasteiger partial charge in [-0.05, 0) is 12.1 Å². The first-order valence-corrected chi connectivity index (χ1v) is 6.33. The second-order valence-corrected chi connectivity index (χ2v) is 4.85. The van der Waals surface area contributed by atoms with Crippen molar-refractivity contribution < 1.29 is 24.9 Å². The highest BCUT2D eigenvalue weighted by Crippen LogP contribution is 2.36. The highest BCUT2D eigenvalue weighted by Gasteiger charge is 2.22. The van der Waals surface area contributed by atoms with Gasteiger partial charge in [-0.25, -0.2) is 0 Å². The third kappa shape index (κ3) is 4.09. The highest BCUT2D eigenvalue weighted by atomic mass is 79.9. The average molecular weight is 334 g/mol. The molecule has 2 atom stereocenters. The number of carbonyl (C=O) groups is 1. The zero-order valence-electron chi connectivity index (χ0n) is 10.6. The van der Waals surface area contributed by atoms with E-state index in [9.17, 15) is 20.1 Å². The SMILES string of the molecule is COc1cc(C(O)C(O)CNC(C)=O)c(Br)cc1O. The van der Waals surface area contributed by atoms with Gasteiger partial charge in [-0.3, -0.25) is 4.79 Å². The van der Waals surface area contributed by atoms with Crippen LogP contribution in [-0.4, -0.2) is 41.0 Å². The minimum Gasteiger partial charge on any atom is -0.504 e. The lowest BCUT2D eigenvalue weighted by atomic mass is 10.0. The van der Waals surface area contributed by atoms with Crippen molar-refractivity contribution >= 4 is 21.8 Å². The summed E-state index contributed by atoms with van der Waals surface area (Å²) < 4.78 is 5.37. The molecular formula is C12H16BrNO5. The molecule has 0 fully saturated rings. The van der Waals surface area contributed by atoms with Crippen LogP contribution < -0.4 is 10.1 Å². The van der Waals surface area contributed by atoms with Crippen molar-refractivity contribution in [3.63, 3.8) is 0 Å². The van der Waals surface area contributed by atoms with E-state index in [1.807, 2.05) is 0 Å². The van der Waals surface area contributed by atoms with Gasteiger partial charge in [0.1, 0.15) is 12.2 Å². The largest absolute Gasteiger partial charge is 0.504 e. The first-order chi connectivity index (χ1) is 8.86. The van der Waals surface area contributed by atoms with E-state index in [4.69, 9.17) is 4.74 Å². The molecule has 1 aromatic rings. The summed E-state index contributed by atoms with van der Waals surface area (Å²) in [5.41, 5.74) is 0.354. The summed E-state index contributed by atoms with van der Waals surface area (Å²) in [6.45, 7) is 1.24. The molecule has 1 aromatic carbocycles. The Kier molecular flexibility index (Phi) is 5.59. The van der Waals surface area contributed by atoms with Crippen LogP contribution in [-0.2, 0) is 4.79 Å². The Morgan fingerprint density at radius 3 is 2.63 bits per heavy atom. The van der Waals surface area contributed by atoms with Crippen LogP contribution in [0.4, 0.5) is 0 Å². The topological polar surface area (TPSA) is 99.0 Å². The fourth-order valence-electron chi connectivity index (χ4n) is 1.52. The fourth-order valence-corrected chi connectivity index (χ4v) is 2.08. The van der Waals surface area contributed by atoms with E-state index in [1.165, 1.54) is 26.2 Å². The van der Waals surface area contributed by atoms with Gasteiger partial charge in [0.2, 0.25) is 5.91 Å². The zero-order chi connectivity index (χ0) is 14.6. The van der Waals surface area contributed by atoms with Gasteiger partial charge in [-0.15, -0.1) is 0 Å². The molecule has 106 valence electrons. The minimum atomic E-state index is -1.23. The Morgan fingerprint density at radius 2 is 2.11 bits per heavy atom. The molecule has 0 saturated heterocycles. The first kappa shape index (κ1) is 15.7. The van der Waals surface area contributed by atoms with E-state index in [0.29, 0.717) is 10.0 Å². The molecule has 0 saturated carbocycles. The molecule has 0 spiro atoms. The number of amides is 1. The Morgan fingerprint density at radius 1 is 1.47 bits per heavy atom. The van der Waals surface area contributed by atoms with Gasteiger partial charge in [0, 0.05) is 23.5 Å². The zero-order valence-corrected chi connectivity index (χ0v) is 12.1. The predicted octanol–water partition coefficient (Wildman–Crippen LogP) is 0.694. The van der Waals surface area contributed by atoms with Crippen LogP contribution in [0.5, 0.6) is 11.5 Å². The second kappa shape index (κ2) is 6.74. The highest BCUT2D eigenvalue weighted by molar-refractivity contribution is 9.10. The number of rotatable bonds is 5. The van der Waals surface area contributed by atoms with Crippen molar-refractivity contribution in [2.45, 2.75) is 19.1 Å². The number of hydrogen-bond acceptors (Lipinski definition) is 5. The number of aliphatic hydroxyl groups is 2. The Labute approximate surface area is 119 Å². The van der Waals surface area contributed by atoms with Crippen LogP contribution in [0.25, 0.3) is 0 Å². The van der Waals surface area contributed by atoms with Gasteiger partial charge in [-0.1, -0.05) is 15.9 Å². The first-order valence-electron chi connectivity index (χ1n) is 5.53. The number of ether oxygens (including phenoxy) is 1. The molecule has 19 heavy (non-hydrogen) atoms. The quantitative estimate of drug-likeness (QED) is 0.635. The van der Waals surface area contributed by atoms with Crippen LogP contribution in [0.3, 0.4) is 0 Å². The molecule has 0 bridgehead atoms. The third-order valence-corrected chi connectivity index (χ3v) is 3.23. The Bertz CT molecular complexity index is 466. The molecule has 1 amide bonds. The summed E-state index contributed by atoms with van der Waals surface area (Å²) in [7, 11) is 1.38. The lowest BCUT2D eigenvalue weighted by Crippen LogP contribution is -2.34. The number of benzene rings is 1. The Balaban J connectivity index is 2.92. The summed E-state index contributed by atoms with van der Waals surface area (Å²) in [6, 6.07) is 2.78. The number of carbonyl (C=O) groups excluding carboxylic acids is 1. The molecule has 0 aliphatic rings. The smallest absolute Gasteiger partial charge is 0.216 e. The molecular weight excluding hydrogens is 318 g/mol. The molecule has 7 heteroatoms. The van der Waals surface area contributed by atoms with Crippen molar-refractivity contribution in [1.29, 1.82) is 0 Å². The maximum Gasteiger partial charge on any atom is 0.216 e. The lowest BCUT2D eigenvalue weighted by molar-refractivity contribution is -0.119. The number of nitrogens with one attached hydrogen (secondary N) is 1. The number of aromatic hydroxyl groups is 1. The molecule has 0 aromatic heterocycles. The van der Waals surface area contributed by atoms with Crippen molar-refractivity contribution in [2.75, 3.05) is 13.7 Å². The van der Waals surface area contributed by atoms with Crippen molar-refractivity contribution in [3.05, 3.63) is 22.2 Å². The molecule has 0 radical (unpaired) electrons. The molecule has 2 unspecified atom stereocenters. The van der Waals surface area contributed by atoms with E-state index in [2.05, 4.69) is 21.2 Å². The normalized spacial score (nSPS) is 13.7. The number of hydrogen-bond donors (Lipinski definition) is 4. The van der Waals surface area contributed by atoms with Crippen LogP contribution in [0, 0.1) is 0 Å². The lowest BCUT2D eigenvalue weighted by Gasteiger charge is -2.20. The summed E-state index contributed by atoms with van der Waals surface area (Å²) in [5, 5.41) is 31.8. The van der Waals surface area contributed by atoms with E-state index >= 15 is 0 Å².